The van der Waals surface area contributed by atoms with Crippen molar-refractivity contribution >= 4 is 16.9 Å². The standard InChI is InChI=1S/C19H19NO3/c1-13(18-11-15-7-3-4-9-17(15)23-18)20-19(21)16-8-5-6-14(10-16)12-22-2/h3-11,13H,12H2,1-2H3,(H,20,21). The molecule has 0 bridgehead atoms. The molecule has 118 valence electrons. The number of fused-ring (bicyclic) bond motifs is 1. The lowest BCUT2D eigenvalue weighted by Gasteiger charge is -2.12. The van der Waals surface area contributed by atoms with Gasteiger partial charge in [-0.05, 0) is 36.8 Å². The number of ether oxygens (including phenoxy) is 1. The summed E-state index contributed by atoms with van der Waals surface area (Å²) >= 11 is 0. The van der Waals surface area contributed by atoms with Crippen molar-refractivity contribution in [1.82, 2.24) is 5.32 Å². The Morgan fingerprint density at radius 3 is 2.78 bits per heavy atom. The number of carbonyl (C=O) groups excluding carboxylic acids is 1. The molecule has 1 unspecified atom stereocenters. The highest BCUT2D eigenvalue weighted by atomic mass is 16.5. The van der Waals surface area contributed by atoms with Crippen LogP contribution in [-0.2, 0) is 11.3 Å². The maximum Gasteiger partial charge on any atom is 0.251 e. The number of amides is 1. The minimum absolute atomic E-state index is 0.129. The average molecular weight is 309 g/mol. The van der Waals surface area contributed by atoms with Gasteiger partial charge in [0, 0.05) is 18.1 Å². The predicted molar refractivity (Wildman–Crippen MR) is 89.3 cm³/mol. The number of methoxy groups -OCH3 is 1. The van der Waals surface area contributed by atoms with Crippen molar-refractivity contribution < 1.29 is 13.9 Å². The van der Waals surface area contributed by atoms with Crippen LogP contribution in [0.2, 0.25) is 0 Å². The molecule has 1 N–H and O–H groups in total. The lowest BCUT2D eigenvalue weighted by molar-refractivity contribution is 0.0935. The van der Waals surface area contributed by atoms with Gasteiger partial charge in [0.2, 0.25) is 0 Å². The number of hydrogen-bond donors (Lipinski definition) is 1. The topological polar surface area (TPSA) is 51.5 Å². The fourth-order valence-electron chi connectivity index (χ4n) is 2.54. The second kappa shape index (κ2) is 6.67. The third-order valence-electron chi connectivity index (χ3n) is 3.72. The van der Waals surface area contributed by atoms with Crippen LogP contribution in [0.1, 0.15) is 34.6 Å². The zero-order valence-electron chi connectivity index (χ0n) is 13.2. The number of carbonyl (C=O) groups is 1. The van der Waals surface area contributed by atoms with Crippen LogP contribution in [0.25, 0.3) is 11.0 Å². The Bertz CT molecular complexity index is 789. The molecule has 0 saturated heterocycles. The summed E-state index contributed by atoms with van der Waals surface area (Å²) < 4.78 is 10.9. The summed E-state index contributed by atoms with van der Waals surface area (Å²) in [7, 11) is 1.64. The van der Waals surface area contributed by atoms with Crippen LogP contribution in [0, 0.1) is 0 Å². The van der Waals surface area contributed by atoms with Crippen molar-refractivity contribution in [2.75, 3.05) is 7.11 Å². The fourth-order valence-corrected chi connectivity index (χ4v) is 2.54. The fraction of sp³-hybridized carbons (Fsp3) is 0.211. The molecular weight excluding hydrogens is 290 g/mol. The van der Waals surface area contributed by atoms with E-state index in [0.29, 0.717) is 12.2 Å². The van der Waals surface area contributed by atoms with Crippen LogP contribution in [0.3, 0.4) is 0 Å². The van der Waals surface area contributed by atoms with Gasteiger partial charge in [0.15, 0.2) is 0 Å². The second-order valence-corrected chi connectivity index (χ2v) is 5.52. The summed E-state index contributed by atoms with van der Waals surface area (Å²) in [6.45, 7) is 2.40. The highest BCUT2D eigenvalue weighted by molar-refractivity contribution is 5.94. The van der Waals surface area contributed by atoms with E-state index in [-0.39, 0.29) is 11.9 Å². The predicted octanol–water partition coefficient (Wildman–Crippen LogP) is 4.07. The van der Waals surface area contributed by atoms with Crippen LogP contribution in [0.15, 0.2) is 59.0 Å². The summed E-state index contributed by atoms with van der Waals surface area (Å²) in [5, 5.41) is 4.00. The largest absolute Gasteiger partial charge is 0.459 e. The van der Waals surface area contributed by atoms with Gasteiger partial charge in [-0.15, -0.1) is 0 Å². The number of para-hydroxylation sites is 1. The third kappa shape index (κ3) is 3.43. The molecule has 0 radical (unpaired) electrons. The minimum atomic E-state index is -0.207. The Morgan fingerprint density at radius 2 is 2.00 bits per heavy atom. The quantitative estimate of drug-likeness (QED) is 0.773. The van der Waals surface area contributed by atoms with Gasteiger partial charge in [0.1, 0.15) is 11.3 Å². The molecule has 3 rings (SSSR count). The smallest absolute Gasteiger partial charge is 0.251 e. The monoisotopic (exact) mass is 309 g/mol. The normalized spacial score (nSPS) is 12.3. The molecule has 1 atom stereocenters. The van der Waals surface area contributed by atoms with Gasteiger partial charge in [0.05, 0.1) is 12.6 Å². The Hall–Kier alpha value is -2.59. The molecule has 0 aliphatic heterocycles. The van der Waals surface area contributed by atoms with Gasteiger partial charge in [-0.25, -0.2) is 0 Å². The van der Waals surface area contributed by atoms with Crippen molar-refractivity contribution in [2.45, 2.75) is 19.6 Å². The van der Waals surface area contributed by atoms with Crippen LogP contribution in [-0.4, -0.2) is 13.0 Å². The maximum absolute atomic E-state index is 12.4. The number of nitrogens with one attached hydrogen (secondary N) is 1. The Kier molecular flexibility index (Phi) is 4.44. The van der Waals surface area contributed by atoms with E-state index in [1.165, 1.54) is 0 Å². The lowest BCUT2D eigenvalue weighted by atomic mass is 10.1. The van der Waals surface area contributed by atoms with Crippen molar-refractivity contribution in [1.29, 1.82) is 0 Å². The van der Waals surface area contributed by atoms with Gasteiger partial charge < -0.3 is 14.5 Å². The van der Waals surface area contributed by atoms with E-state index in [0.717, 1.165) is 22.3 Å². The van der Waals surface area contributed by atoms with E-state index in [2.05, 4.69) is 5.32 Å². The van der Waals surface area contributed by atoms with Crippen molar-refractivity contribution in [3.05, 3.63) is 71.5 Å². The minimum Gasteiger partial charge on any atom is -0.459 e. The molecule has 3 aromatic rings. The zero-order valence-corrected chi connectivity index (χ0v) is 13.2. The van der Waals surface area contributed by atoms with E-state index in [9.17, 15) is 4.79 Å². The molecule has 0 aliphatic carbocycles. The number of furan rings is 1. The Morgan fingerprint density at radius 1 is 1.17 bits per heavy atom. The first-order chi connectivity index (χ1) is 11.2. The van der Waals surface area contributed by atoms with Gasteiger partial charge in [-0.1, -0.05) is 30.3 Å². The van der Waals surface area contributed by atoms with Crippen LogP contribution in [0.5, 0.6) is 0 Å². The zero-order chi connectivity index (χ0) is 16.2. The number of hydrogen-bond acceptors (Lipinski definition) is 3. The first-order valence-corrected chi connectivity index (χ1v) is 7.54. The molecule has 2 aromatic carbocycles. The molecule has 4 nitrogen and oxygen atoms in total. The first-order valence-electron chi connectivity index (χ1n) is 7.54. The summed E-state index contributed by atoms with van der Waals surface area (Å²) in [6.07, 6.45) is 0. The number of rotatable bonds is 5. The van der Waals surface area contributed by atoms with E-state index in [1.54, 1.807) is 13.2 Å². The molecule has 0 fully saturated rings. The van der Waals surface area contributed by atoms with Crippen LogP contribution >= 0.6 is 0 Å². The third-order valence-corrected chi connectivity index (χ3v) is 3.72. The van der Waals surface area contributed by atoms with Gasteiger partial charge in [-0.3, -0.25) is 4.79 Å². The molecule has 23 heavy (non-hydrogen) atoms. The molecule has 1 aromatic heterocycles. The summed E-state index contributed by atoms with van der Waals surface area (Å²) in [4.78, 5) is 12.4. The van der Waals surface area contributed by atoms with Gasteiger partial charge in [0.25, 0.3) is 5.91 Å². The summed E-state index contributed by atoms with van der Waals surface area (Å²) in [5.74, 6) is 0.614. The van der Waals surface area contributed by atoms with Crippen LogP contribution in [0.4, 0.5) is 0 Å². The average Bonchev–Trinajstić information content (AvgIpc) is 2.99. The highest BCUT2D eigenvalue weighted by Gasteiger charge is 2.15. The molecule has 1 heterocycles. The van der Waals surface area contributed by atoms with E-state index < -0.39 is 0 Å². The van der Waals surface area contributed by atoms with Gasteiger partial charge >= 0.3 is 0 Å². The first kappa shape index (κ1) is 15.3. The molecule has 0 aliphatic rings. The molecule has 1 amide bonds. The summed E-state index contributed by atoms with van der Waals surface area (Å²) in [5.41, 5.74) is 2.41. The van der Waals surface area contributed by atoms with Gasteiger partial charge in [-0.2, -0.15) is 0 Å². The number of benzene rings is 2. The van der Waals surface area contributed by atoms with E-state index in [1.807, 2.05) is 55.5 Å². The highest BCUT2D eigenvalue weighted by Crippen LogP contribution is 2.23. The molecule has 0 spiro atoms. The van der Waals surface area contributed by atoms with Crippen molar-refractivity contribution in [2.24, 2.45) is 0 Å². The SMILES string of the molecule is COCc1cccc(C(=O)NC(C)c2cc3ccccc3o2)c1. The Balaban J connectivity index is 1.75. The summed E-state index contributed by atoms with van der Waals surface area (Å²) in [6, 6.07) is 17.0. The molecule has 4 heteroatoms. The van der Waals surface area contributed by atoms with Crippen molar-refractivity contribution in [3.8, 4) is 0 Å². The van der Waals surface area contributed by atoms with E-state index in [4.69, 9.17) is 9.15 Å². The van der Waals surface area contributed by atoms with Crippen LogP contribution < -0.4 is 5.32 Å². The lowest BCUT2D eigenvalue weighted by Crippen LogP contribution is -2.26. The second-order valence-electron chi connectivity index (χ2n) is 5.52. The maximum atomic E-state index is 12.4. The molecule has 0 saturated carbocycles. The molecular formula is C19H19NO3. The van der Waals surface area contributed by atoms with Crippen molar-refractivity contribution in [3.63, 3.8) is 0 Å². The van der Waals surface area contributed by atoms with E-state index >= 15 is 0 Å². The Labute approximate surface area is 135 Å².